The zero-order chi connectivity index (χ0) is 31.5. The maximum absolute atomic E-state index is 13.5. The summed E-state index contributed by atoms with van der Waals surface area (Å²) in [7, 11) is 2.02. The SMILES string of the molecule is COc1c(NC(=O)c2ccc(C)c(Oc3ccnc(CN4CCC(N(C)C)C4)n3)c2)cc(C(C)(C)C)cc1NS(C)(=O)=O. The lowest BCUT2D eigenvalue weighted by molar-refractivity contribution is 0.102. The van der Waals surface area contributed by atoms with Crippen LogP contribution in [0.15, 0.2) is 42.6 Å². The summed E-state index contributed by atoms with van der Waals surface area (Å²) in [6.07, 6.45) is 3.86. The van der Waals surface area contributed by atoms with Crippen LogP contribution in [0.2, 0.25) is 0 Å². The highest BCUT2D eigenvalue weighted by atomic mass is 32.2. The molecule has 43 heavy (non-hydrogen) atoms. The molecule has 1 atom stereocenters. The largest absolute Gasteiger partial charge is 0.492 e. The molecular weight excluding hydrogens is 568 g/mol. The number of anilines is 2. The number of rotatable bonds is 10. The molecule has 1 aliphatic rings. The summed E-state index contributed by atoms with van der Waals surface area (Å²) < 4.78 is 38.3. The predicted molar refractivity (Wildman–Crippen MR) is 169 cm³/mol. The molecule has 0 saturated carbocycles. The first-order chi connectivity index (χ1) is 20.1. The Balaban J connectivity index is 1.56. The van der Waals surface area contributed by atoms with Gasteiger partial charge in [-0.3, -0.25) is 14.4 Å². The maximum Gasteiger partial charge on any atom is 0.255 e. The van der Waals surface area contributed by atoms with Crippen molar-refractivity contribution in [1.29, 1.82) is 0 Å². The molecule has 12 heteroatoms. The number of nitrogens with one attached hydrogen (secondary N) is 2. The molecular formula is C31H42N6O5S. The standard InChI is InChI=1S/C31H42N6O5S/c1-20-9-10-21(15-26(20)42-28-11-13-32-27(34-28)19-37-14-12-23(18-37)36(5)6)30(38)33-24-16-22(31(2,3)4)17-25(29(24)41-7)35-43(8,39)40/h9-11,13,15-17,23,35H,12,14,18-19H2,1-8H3,(H,33,38). The third-order valence-electron chi connectivity index (χ3n) is 7.39. The van der Waals surface area contributed by atoms with Crippen LogP contribution in [-0.4, -0.2) is 80.7 Å². The van der Waals surface area contributed by atoms with E-state index in [-0.39, 0.29) is 16.9 Å². The van der Waals surface area contributed by atoms with Gasteiger partial charge in [0.05, 0.1) is 31.3 Å². The summed E-state index contributed by atoms with van der Waals surface area (Å²) in [6.45, 7) is 10.5. The van der Waals surface area contributed by atoms with Crippen molar-refractivity contribution in [2.75, 3.05) is 50.6 Å². The minimum absolute atomic E-state index is 0.207. The lowest BCUT2D eigenvalue weighted by atomic mass is 9.86. The van der Waals surface area contributed by atoms with E-state index in [0.29, 0.717) is 41.3 Å². The van der Waals surface area contributed by atoms with Crippen LogP contribution < -0.4 is 19.5 Å². The maximum atomic E-state index is 13.5. The van der Waals surface area contributed by atoms with Crippen LogP contribution in [0.5, 0.6) is 17.4 Å². The highest BCUT2D eigenvalue weighted by Crippen LogP contribution is 2.39. The molecule has 1 fully saturated rings. The number of amides is 1. The van der Waals surface area contributed by atoms with Crippen LogP contribution in [0.3, 0.4) is 0 Å². The van der Waals surface area contributed by atoms with Gasteiger partial charge in [-0.25, -0.2) is 13.4 Å². The number of ether oxygens (including phenoxy) is 2. The average Bonchev–Trinajstić information content (AvgIpc) is 3.37. The van der Waals surface area contributed by atoms with Gasteiger partial charge >= 0.3 is 0 Å². The first kappa shape index (κ1) is 32.2. The number of carbonyl (C=O) groups excluding carboxylic acids is 1. The van der Waals surface area contributed by atoms with E-state index in [1.807, 2.05) is 27.7 Å². The van der Waals surface area contributed by atoms with Crippen molar-refractivity contribution in [1.82, 2.24) is 19.8 Å². The predicted octanol–water partition coefficient (Wildman–Crippen LogP) is 4.64. The van der Waals surface area contributed by atoms with E-state index in [1.165, 1.54) is 7.11 Å². The molecule has 3 aromatic rings. The van der Waals surface area contributed by atoms with Crippen molar-refractivity contribution in [3.05, 3.63) is 65.1 Å². The van der Waals surface area contributed by atoms with E-state index < -0.39 is 15.9 Å². The third-order valence-corrected chi connectivity index (χ3v) is 7.98. The molecule has 1 amide bonds. The molecule has 1 saturated heterocycles. The quantitative estimate of drug-likeness (QED) is 0.338. The van der Waals surface area contributed by atoms with Gasteiger partial charge in [0.1, 0.15) is 11.6 Å². The Bertz CT molecular complexity index is 1590. The number of nitrogens with zero attached hydrogens (tertiary/aromatic N) is 4. The van der Waals surface area contributed by atoms with E-state index in [2.05, 4.69) is 43.9 Å². The number of hydrogen-bond donors (Lipinski definition) is 2. The van der Waals surface area contributed by atoms with Crippen LogP contribution in [0.25, 0.3) is 0 Å². The summed E-state index contributed by atoms with van der Waals surface area (Å²) in [4.78, 5) is 27.1. The van der Waals surface area contributed by atoms with E-state index in [9.17, 15) is 13.2 Å². The summed E-state index contributed by atoms with van der Waals surface area (Å²) in [5.74, 6) is 1.35. The summed E-state index contributed by atoms with van der Waals surface area (Å²) in [5, 5.41) is 2.90. The molecule has 1 aliphatic heterocycles. The molecule has 4 rings (SSSR count). The number of carbonyl (C=O) groups is 1. The molecule has 2 N–H and O–H groups in total. The summed E-state index contributed by atoms with van der Waals surface area (Å²) in [5.41, 5.74) is 2.25. The van der Waals surface area contributed by atoms with E-state index in [4.69, 9.17) is 9.47 Å². The molecule has 0 radical (unpaired) electrons. The molecule has 0 bridgehead atoms. The first-order valence-electron chi connectivity index (χ1n) is 14.1. The number of hydrogen-bond acceptors (Lipinski definition) is 9. The van der Waals surface area contributed by atoms with E-state index in [0.717, 1.165) is 36.9 Å². The van der Waals surface area contributed by atoms with Crippen molar-refractivity contribution < 1.29 is 22.7 Å². The topological polar surface area (TPSA) is 126 Å². The number of methoxy groups -OCH3 is 1. The van der Waals surface area contributed by atoms with Gasteiger partial charge < -0.3 is 19.7 Å². The van der Waals surface area contributed by atoms with Crippen molar-refractivity contribution in [2.45, 2.75) is 52.1 Å². The van der Waals surface area contributed by atoms with Crippen molar-refractivity contribution in [3.63, 3.8) is 0 Å². The highest BCUT2D eigenvalue weighted by molar-refractivity contribution is 7.92. The number of benzene rings is 2. The molecule has 11 nitrogen and oxygen atoms in total. The lowest BCUT2D eigenvalue weighted by Gasteiger charge is -2.24. The average molecular weight is 611 g/mol. The molecule has 2 aromatic carbocycles. The monoisotopic (exact) mass is 610 g/mol. The van der Waals surface area contributed by atoms with Crippen LogP contribution in [0.1, 0.15) is 54.5 Å². The normalized spacial score (nSPS) is 15.9. The Labute approximate surface area is 254 Å². The fourth-order valence-corrected chi connectivity index (χ4v) is 5.45. The number of likely N-dealkylation sites (tertiary alicyclic amines) is 1. The third kappa shape index (κ3) is 8.43. The van der Waals surface area contributed by atoms with Gasteiger partial charge in [0, 0.05) is 37.0 Å². The molecule has 1 aromatic heterocycles. The molecule has 2 heterocycles. The molecule has 0 spiro atoms. The second-order valence-corrected chi connectivity index (χ2v) is 14.0. The fourth-order valence-electron chi connectivity index (χ4n) is 4.90. The Hall–Kier alpha value is -3.74. The summed E-state index contributed by atoms with van der Waals surface area (Å²) >= 11 is 0. The van der Waals surface area contributed by atoms with Crippen LogP contribution in [-0.2, 0) is 22.0 Å². The van der Waals surface area contributed by atoms with Gasteiger partial charge in [-0.2, -0.15) is 4.98 Å². The number of aryl methyl sites for hydroxylation is 1. The van der Waals surface area contributed by atoms with E-state index >= 15 is 0 Å². The van der Waals surface area contributed by atoms with Crippen LogP contribution in [0, 0.1) is 6.92 Å². The number of likely N-dealkylation sites (N-methyl/N-ethyl adjacent to an activating group) is 1. The second-order valence-electron chi connectivity index (χ2n) is 12.2. The van der Waals surface area contributed by atoms with Gasteiger partial charge in [-0.15, -0.1) is 0 Å². The fraction of sp³-hybridized carbons (Fsp3) is 0.452. The van der Waals surface area contributed by atoms with Gasteiger partial charge in [-0.1, -0.05) is 26.8 Å². The zero-order valence-corrected chi connectivity index (χ0v) is 27.0. The van der Waals surface area contributed by atoms with Gasteiger partial charge in [0.15, 0.2) is 5.75 Å². The zero-order valence-electron chi connectivity index (χ0n) is 26.2. The minimum Gasteiger partial charge on any atom is -0.492 e. The Kier molecular flexibility index (Phi) is 9.63. The first-order valence-corrected chi connectivity index (χ1v) is 16.0. The number of aromatic nitrogens is 2. The number of sulfonamides is 1. The van der Waals surface area contributed by atoms with Crippen LogP contribution in [0.4, 0.5) is 11.4 Å². The van der Waals surface area contributed by atoms with Crippen molar-refractivity contribution in [3.8, 4) is 17.4 Å². The Morgan fingerprint density at radius 2 is 1.86 bits per heavy atom. The second kappa shape index (κ2) is 12.9. The Morgan fingerprint density at radius 3 is 2.49 bits per heavy atom. The smallest absolute Gasteiger partial charge is 0.255 e. The van der Waals surface area contributed by atoms with Gasteiger partial charge in [0.2, 0.25) is 15.9 Å². The molecule has 0 aliphatic carbocycles. The lowest BCUT2D eigenvalue weighted by Crippen LogP contribution is -2.31. The molecule has 232 valence electrons. The highest BCUT2D eigenvalue weighted by Gasteiger charge is 2.25. The minimum atomic E-state index is -3.60. The van der Waals surface area contributed by atoms with Crippen molar-refractivity contribution in [2.24, 2.45) is 0 Å². The van der Waals surface area contributed by atoms with Crippen molar-refractivity contribution >= 4 is 27.3 Å². The Morgan fingerprint density at radius 1 is 1.14 bits per heavy atom. The van der Waals surface area contributed by atoms with Gasteiger partial charge in [-0.05, 0) is 68.2 Å². The van der Waals surface area contributed by atoms with Crippen LogP contribution >= 0.6 is 0 Å². The van der Waals surface area contributed by atoms with E-state index in [1.54, 1.807) is 42.6 Å². The molecule has 1 unspecified atom stereocenters. The van der Waals surface area contributed by atoms with Gasteiger partial charge in [0.25, 0.3) is 5.91 Å². The summed E-state index contributed by atoms with van der Waals surface area (Å²) in [6, 6.07) is 10.9.